The van der Waals surface area contributed by atoms with Gasteiger partial charge in [-0.1, -0.05) is 6.07 Å². The molecule has 0 radical (unpaired) electrons. The molecule has 2 aliphatic heterocycles. The lowest BCUT2D eigenvalue weighted by molar-refractivity contribution is 0.0696. The number of carbonyl (C=O) groups excluding carboxylic acids is 1. The number of carbonyl (C=O) groups is 2. The van der Waals surface area contributed by atoms with E-state index < -0.39 is 5.97 Å². The van der Waals surface area contributed by atoms with Gasteiger partial charge >= 0.3 is 5.97 Å². The Morgan fingerprint density at radius 2 is 2.07 bits per heavy atom. The van der Waals surface area contributed by atoms with E-state index in [1.165, 1.54) is 0 Å². The van der Waals surface area contributed by atoms with Gasteiger partial charge in [0.15, 0.2) is 0 Å². The Morgan fingerprint density at radius 1 is 1.19 bits per heavy atom. The molecule has 0 bridgehead atoms. The van der Waals surface area contributed by atoms with Gasteiger partial charge in [-0.15, -0.1) is 0 Å². The Balaban J connectivity index is 1.50. The largest absolute Gasteiger partial charge is 0.478 e. The van der Waals surface area contributed by atoms with Gasteiger partial charge in [0.05, 0.1) is 18.8 Å². The summed E-state index contributed by atoms with van der Waals surface area (Å²) in [6.07, 6.45) is 3.06. The zero-order chi connectivity index (χ0) is 18.8. The number of amides is 1. The van der Waals surface area contributed by atoms with E-state index in [0.717, 1.165) is 17.5 Å². The molecule has 3 heterocycles. The topological polar surface area (TPSA) is 89.0 Å². The van der Waals surface area contributed by atoms with Gasteiger partial charge in [0, 0.05) is 37.3 Å². The molecule has 0 aliphatic carbocycles. The average Bonchev–Trinajstić information content (AvgIpc) is 3.19. The number of ether oxygens (including phenoxy) is 2. The van der Waals surface area contributed by atoms with Gasteiger partial charge < -0.3 is 19.5 Å². The van der Waals surface area contributed by atoms with Gasteiger partial charge in [-0.25, -0.2) is 9.78 Å². The van der Waals surface area contributed by atoms with Crippen LogP contribution in [0.5, 0.6) is 5.88 Å². The minimum absolute atomic E-state index is 0.0286. The van der Waals surface area contributed by atoms with Gasteiger partial charge in [0.1, 0.15) is 6.10 Å². The first-order chi connectivity index (χ1) is 13.1. The third-order valence-corrected chi connectivity index (χ3v) is 4.91. The van der Waals surface area contributed by atoms with Crippen LogP contribution in [0.25, 0.3) is 0 Å². The lowest BCUT2D eigenvalue weighted by atomic mass is 9.97. The molecular formula is C20H20N2O5. The molecule has 27 heavy (non-hydrogen) atoms. The van der Waals surface area contributed by atoms with Crippen molar-refractivity contribution in [2.24, 2.45) is 0 Å². The summed E-state index contributed by atoms with van der Waals surface area (Å²) in [6, 6.07) is 8.42. The fourth-order valence-corrected chi connectivity index (χ4v) is 3.43. The van der Waals surface area contributed by atoms with E-state index >= 15 is 0 Å². The highest BCUT2D eigenvalue weighted by Gasteiger charge is 2.24. The molecule has 7 nitrogen and oxygen atoms in total. The van der Waals surface area contributed by atoms with Crippen molar-refractivity contribution in [3.63, 3.8) is 0 Å². The molecule has 7 heteroatoms. The normalized spacial score (nSPS) is 18.8. The first-order valence-corrected chi connectivity index (χ1v) is 8.95. The van der Waals surface area contributed by atoms with Crippen LogP contribution in [-0.2, 0) is 17.7 Å². The summed E-state index contributed by atoms with van der Waals surface area (Å²) in [7, 11) is 0. The maximum Gasteiger partial charge on any atom is 0.335 e. The van der Waals surface area contributed by atoms with Crippen molar-refractivity contribution in [2.75, 3.05) is 19.8 Å². The first-order valence-electron chi connectivity index (χ1n) is 8.95. The molecule has 1 amide bonds. The molecule has 1 saturated heterocycles. The monoisotopic (exact) mass is 368 g/mol. The molecule has 0 saturated carbocycles. The van der Waals surface area contributed by atoms with E-state index in [0.29, 0.717) is 44.2 Å². The fraction of sp³-hybridized carbons (Fsp3) is 0.350. The number of benzene rings is 1. The molecule has 1 fully saturated rings. The van der Waals surface area contributed by atoms with E-state index in [9.17, 15) is 14.7 Å². The number of carboxylic acids is 1. The molecule has 0 spiro atoms. The number of carboxylic acid groups (broad SMARTS) is 1. The average molecular weight is 368 g/mol. The number of hydrogen-bond acceptors (Lipinski definition) is 5. The summed E-state index contributed by atoms with van der Waals surface area (Å²) in [6.45, 7) is 2.20. The maximum absolute atomic E-state index is 12.9. The van der Waals surface area contributed by atoms with Gasteiger partial charge in [0.25, 0.3) is 5.91 Å². The fourth-order valence-electron chi connectivity index (χ4n) is 3.43. The number of fused-ring (bicyclic) bond motifs is 1. The summed E-state index contributed by atoms with van der Waals surface area (Å²) in [5, 5.41) is 9.18. The van der Waals surface area contributed by atoms with Crippen molar-refractivity contribution in [1.29, 1.82) is 0 Å². The van der Waals surface area contributed by atoms with Crippen molar-refractivity contribution in [2.45, 2.75) is 25.5 Å². The van der Waals surface area contributed by atoms with Gasteiger partial charge in [-0.05, 0) is 35.7 Å². The van der Waals surface area contributed by atoms with E-state index in [-0.39, 0.29) is 17.6 Å². The minimum Gasteiger partial charge on any atom is -0.478 e. The molecule has 1 aromatic carbocycles. The molecule has 2 aromatic rings. The van der Waals surface area contributed by atoms with Crippen LogP contribution >= 0.6 is 0 Å². The van der Waals surface area contributed by atoms with E-state index in [4.69, 9.17) is 9.47 Å². The Morgan fingerprint density at radius 3 is 2.85 bits per heavy atom. The molecule has 4 rings (SSSR count). The Hall–Kier alpha value is -2.93. The minimum atomic E-state index is -0.965. The number of hydrogen-bond donors (Lipinski definition) is 1. The lowest BCUT2D eigenvalue weighted by Crippen LogP contribution is -2.36. The second-order valence-electron chi connectivity index (χ2n) is 6.75. The zero-order valence-corrected chi connectivity index (χ0v) is 14.8. The number of nitrogens with zero attached hydrogens (tertiary/aromatic N) is 2. The SMILES string of the molecule is O=C(O)c1ccc2c(c1)CN(C(=O)c1ccnc(OC3CCOC3)c1)CC2. The van der Waals surface area contributed by atoms with E-state index in [2.05, 4.69) is 4.98 Å². The number of rotatable bonds is 4. The van der Waals surface area contributed by atoms with Gasteiger partial charge in [-0.2, -0.15) is 0 Å². The highest BCUT2D eigenvalue weighted by molar-refractivity contribution is 5.94. The van der Waals surface area contributed by atoms with Gasteiger partial charge in [0.2, 0.25) is 5.88 Å². The maximum atomic E-state index is 12.9. The predicted molar refractivity (Wildman–Crippen MR) is 95.9 cm³/mol. The summed E-state index contributed by atoms with van der Waals surface area (Å²) >= 11 is 0. The molecular weight excluding hydrogens is 348 g/mol. The predicted octanol–water partition coefficient (Wildman–Crippen LogP) is 2.15. The van der Waals surface area contributed by atoms with Crippen molar-refractivity contribution in [1.82, 2.24) is 9.88 Å². The molecule has 2 aliphatic rings. The highest BCUT2D eigenvalue weighted by atomic mass is 16.5. The zero-order valence-electron chi connectivity index (χ0n) is 14.8. The molecule has 140 valence electrons. The first kappa shape index (κ1) is 17.5. The van der Waals surface area contributed by atoms with Crippen LogP contribution in [0.4, 0.5) is 0 Å². The van der Waals surface area contributed by atoms with Crippen LogP contribution in [0.1, 0.15) is 38.3 Å². The summed E-state index contributed by atoms with van der Waals surface area (Å²) in [5.74, 6) is -0.661. The van der Waals surface area contributed by atoms with E-state index in [1.807, 2.05) is 6.07 Å². The molecule has 1 N–H and O–H groups in total. The number of aromatic nitrogens is 1. The van der Waals surface area contributed by atoms with Crippen LogP contribution in [-0.4, -0.2) is 52.7 Å². The molecule has 1 unspecified atom stereocenters. The Bertz CT molecular complexity index is 876. The number of pyridine rings is 1. The van der Waals surface area contributed by atoms with Crippen LogP contribution in [0, 0.1) is 0 Å². The standard InChI is InChI=1S/C20H20N2O5/c23-19(14-3-6-21-18(10-14)27-17-5-8-26-12-17)22-7-4-13-1-2-15(20(24)25)9-16(13)11-22/h1-3,6,9-10,17H,4-5,7-8,11-12H2,(H,24,25). The summed E-state index contributed by atoms with van der Waals surface area (Å²) in [4.78, 5) is 30.0. The van der Waals surface area contributed by atoms with Crippen molar-refractivity contribution in [3.05, 3.63) is 58.8 Å². The van der Waals surface area contributed by atoms with Crippen molar-refractivity contribution in [3.8, 4) is 5.88 Å². The van der Waals surface area contributed by atoms with Crippen molar-refractivity contribution >= 4 is 11.9 Å². The van der Waals surface area contributed by atoms with Crippen LogP contribution in [0.3, 0.4) is 0 Å². The van der Waals surface area contributed by atoms with Crippen LogP contribution in [0.2, 0.25) is 0 Å². The molecule has 1 atom stereocenters. The second-order valence-corrected chi connectivity index (χ2v) is 6.75. The lowest BCUT2D eigenvalue weighted by Gasteiger charge is -2.29. The summed E-state index contributed by atoms with van der Waals surface area (Å²) in [5.41, 5.74) is 2.71. The van der Waals surface area contributed by atoms with Crippen LogP contribution < -0.4 is 4.74 Å². The second kappa shape index (κ2) is 7.36. The smallest absolute Gasteiger partial charge is 0.335 e. The Labute approximate surface area is 156 Å². The quantitative estimate of drug-likeness (QED) is 0.889. The highest BCUT2D eigenvalue weighted by Crippen LogP contribution is 2.23. The van der Waals surface area contributed by atoms with Gasteiger partial charge in [-0.3, -0.25) is 4.79 Å². The van der Waals surface area contributed by atoms with Crippen LogP contribution in [0.15, 0.2) is 36.5 Å². The molecule has 1 aromatic heterocycles. The Kier molecular flexibility index (Phi) is 4.77. The third kappa shape index (κ3) is 3.78. The van der Waals surface area contributed by atoms with Crippen molar-refractivity contribution < 1.29 is 24.2 Å². The van der Waals surface area contributed by atoms with E-state index in [1.54, 1.807) is 35.4 Å². The summed E-state index contributed by atoms with van der Waals surface area (Å²) < 4.78 is 11.1. The number of aromatic carboxylic acids is 1. The third-order valence-electron chi connectivity index (χ3n) is 4.91.